The molecular weight excluding hydrogens is 737 g/mol. The number of hydrogen-bond acceptors (Lipinski definition) is 1. The molecule has 0 fully saturated rings. The third kappa shape index (κ3) is 6.14. The van der Waals surface area contributed by atoms with Crippen LogP contribution in [0.4, 0.5) is 0 Å². The molecule has 1 heterocycles. The molecule has 0 N–H and O–H groups in total. The van der Waals surface area contributed by atoms with E-state index in [-0.39, 0.29) is 0 Å². The van der Waals surface area contributed by atoms with Crippen molar-refractivity contribution in [2.75, 3.05) is 0 Å². The van der Waals surface area contributed by atoms with Gasteiger partial charge in [0.15, 0.2) is 0 Å². The zero-order valence-electron chi connectivity index (χ0n) is 33.9. The molecule has 2 heteroatoms. The topological polar surface area (TPSA) is 17.8 Å². The van der Waals surface area contributed by atoms with Gasteiger partial charge in [-0.15, -0.1) is 0 Å². The molecule has 0 saturated carbocycles. The van der Waals surface area contributed by atoms with Gasteiger partial charge in [0.1, 0.15) is 5.82 Å². The summed E-state index contributed by atoms with van der Waals surface area (Å²) in [6.07, 6.45) is 13.9. The largest absolute Gasteiger partial charge is 0.292 e. The summed E-state index contributed by atoms with van der Waals surface area (Å²) in [5.74, 6) is 0.942. The maximum Gasteiger partial charge on any atom is 0.145 e. The Kier molecular flexibility index (Phi) is 8.48. The van der Waals surface area contributed by atoms with Crippen LogP contribution >= 0.6 is 0 Å². The van der Waals surface area contributed by atoms with Gasteiger partial charge in [-0.1, -0.05) is 170 Å². The van der Waals surface area contributed by atoms with E-state index in [1.165, 1.54) is 87.6 Å². The van der Waals surface area contributed by atoms with Crippen molar-refractivity contribution < 1.29 is 0 Å². The fraction of sp³-hybridized carbons (Fsp3) is 0.0678. The first-order chi connectivity index (χ1) is 30.2. The molecule has 288 valence electrons. The minimum Gasteiger partial charge on any atom is -0.292 e. The summed E-state index contributed by atoms with van der Waals surface area (Å²) < 4.78 is 2.26. The predicted octanol–water partition coefficient (Wildman–Crippen LogP) is 14.0. The monoisotopic (exact) mass is 778 g/mol. The van der Waals surface area contributed by atoms with Crippen molar-refractivity contribution >= 4 is 50.8 Å². The number of benzene rings is 9. The number of imidazole rings is 1. The second-order valence-electron chi connectivity index (χ2n) is 16.5. The minimum absolute atomic E-state index is 0.942. The van der Waals surface area contributed by atoms with Crippen LogP contribution in [0.15, 0.2) is 188 Å². The molecule has 0 unspecified atom stereocenters. The number of hydrogen-bond donors (Lipinski definition) is 0. The third-order valence-electron chi connectivity index (χ3n) is 12.9. The molecule has 0 atom stereocenters. The smallest absolute Gasteiger partial charge is 0.145 e. The van der Waals surface area contributed by atoms with Gasteiger partial charge in [0.25, 0.3) is 0 Å². The molecule has 12 rings (SSSR count). The Hall–Kier alpha value is -7.55. The Balaban J connectivity index is 0.964. The van der Waals surface area contributed by atoms with E-state index in [2.05, 4.69) is 211 Å². The van der Waals surface area contributed by atoms with Gasteiger partial charge in [0.05, 0.1) is 11.0 Å². The van der Waals surface area contributed by atoms with Crippen LogP contribution < -0.4 is 10.4 Å². The highest BCUT2D eigenvalue weighted by Crippen LogP contribution is 2.38. The van der Waals surface area contributed by atoms with Crippen molar-refractivity contribution in [3.63, 3.8) is 0 Å². The van der Waals surface area contributed by atoms with Crippen molar-refractivity contribution in [3.8, 4) is 61.6 Å². The molecular formula is C59H42N2. The summed E-state index contributed by atoms with van der Waals surface area (Å²) in [5.41, 5.74) is 17.1. The van der Waals surface area contributed by atoms with Crippen LogP contribution in [-0.2, 0) is 6.42 Å². The highest BCUT2D eigenvalue weighted by molar-refractivity contribution is 6.08. The molecule has 0 bridgehead atoms. The fourth-order valence-corrected chi connectivity index (χ4v) is 9.87. The van der Waals surface area contributed by atoms with E-state index < -0.39 is 0 Å². The molecule has 2 nitrogen and oxygen atoms in total. The van der Waals surface area contributed by atoms with E-state index in [1.54, 1.807) is 0 Å². The number of nitrogens with zero attached hydrogens (tertiary/aromatic N) is 2. The van der Waals surface area contributed by atoms with Gasteiger partial charge >= 0.3 is 0 Å². The third-order valence-corrected chi connectivity index (χ3v) is 12.9. The first-order valence-corrected chi connectivity index (χ1v) is 21.6. The lowest BCUT2D eigenvalue weighted by Crippen LogP contribution is -2.31. The zero-order valence-corrected chi connectivity index (χ0v) is 33.9. The summed E-state index contributed by atoms with van der Waals surface area (Å²) in [4.78, 5) is 5.09. The van der Waals surface area contributed by atoms with E-state index in [0.717, 1.165) is 53.8 Å². The molecule has 0 aliphatic heterocycles. The molecule has 10 aromatic rings. The Morgan fingerprint density at radius 3 is 1.82 bits per heavy atom. The number of aromatic nitrogens is 2. The van der Waals surface area contributed by atoms with E-state index in [1.807, 2.05) is 0 Å². The second kappa shape index (κ2) is 14.6. The predicted molar refractivity (Wildman–Crippen MR) is 258 cm³/mol. The van der Waals surface area contributed by atoms with Gasteiger partial charge in [0, 0.05) is 11.3 Å². The van der Waals surface area contributed by atoms with E-state index in [9.17, 15) is 0 Å². The zero-order chi connectivity index (χ0) is 40.3. The van der Waals surface area contributed by atoms with Crippen LogP contribution in [0.3, 0.4) is 0 Å². The Labute approximate surface area is 355 Å². The van der Waals surface area contributed by atoms with Crippen LogP contribution in [0, 0.1) is 0 Å². The molecule has 9 aromatic carbocycles. The lowest BCUT2D eigenvalue weighted by atomic mass is 9.83. The summed E-state index contributed by atoms with van der Waals surface area (Å²) in [6.45, 7) is 0. The average Bonchev–Trinajstić information content (AvgIpc) is 3.73. The van der Waals surface area contributed by atoms with Crippen LogP contribution in [0.2, 0.25) is 0 Å². The quantitative estimate of drug-likeness (QED) is 0.164. The highest BCUT2D eigenvalue weighted by Gasteiger charge is 2.19. The molecule has 0 saturated heterocycles. The van der Waals surface area contributed by atoms with Crippen molar-refractivity contribution in [1.29, 1.82) is 0 Å². The molecule has 0 amide bonds. The van der Waals surface area contributed by atoms with Crippen LogP contribution in [0.25, 0.3) is 112 Å². The van der Waals surface area contributed by atoms with Gasteiger partial charge < -0.3 is 0 Å². The first-order valence-electron chi connectivity index (χ1n) is 21.6. The summed E-state index contributed by atoms with van der Waals surface area (Å²) in [5, 5.41) is 7.86. The molecule has 1 aromatic heterocycles. The molecule has 2 aliphatic carbocycles. The molecule has 61 heavy (non-hydrogen) atoms. The van der Waals surface area contributed by atoms with Gasteiger partial charge in [-0.2, -0.15) is 0 Å². The average molecular weight is 779 g/mol. The Morgan fingerprint density at radius 1 is 0.426 bits per heavy atom. The minimum atomic E-state index is 0.942. The number of allylic oxidation sites excluding steroid dienone is 1. The highest BCUT2D eigenvalue weighted by atomic mass is 15.1. The van der Waals surface area contributed by atoms with Gasteiger partial charge in [-0.25, -0.2) is 4.98 Å². The molecule has 0 spiro atoms. The van der Waals surface area contributed by atoms with Gasteiger partial charge in [-0.05, 0) is 150 Å². The van der Waals surface area contributed by atoms with Crippen molar-refractivity contribution in [2.45, 2.75) is 25.7 Å². The summed E-state index contributed by atoms with van der Waals surface area (Å²) in [6, 6.07) is 66.9. The summed E-state index contributed by atoms with van der Waals surface area (Å²) >= 11 is 0. The maximum absolute atomic E-state index is 5.09. The molecule has 2 aliphatic rings. The van der Waals surface area contributed by atoms with Gasteiger partial charge in [-0.3, -0.25) is 4.57 Å². The maximum atomic E-state index is 5.09. The van der Waals surface area contributed by atoms with Crippen molar-refractivity contribution in [2.24, 2.45) is 0 Å². The number of rotatable bonds is 6. The first kappa shape index (κ1) is 35.4. The van der Waals surface area contributed by atoms with Gasteiger partial charge in [0.2, 0.25) is 0 Å². The van der Waals surface area contributed by atoms with Crippen molar-refractivity contribution in [1.82, 2.24) is 9.55 Å². The standard InChI is InChI=1S/C59H42N2/c1-2-16-50(17-3-1)61-56-21-11-10-20-55(56)60-59(61)44-30-26-42(27-31-44)41-22-24-43(25-23-41)47-34-35-53-54(38-47)58(49-33-29-40-13-5-7-15-46(40)37-49)52-19-9-8-18-51(52)57(53)48-32-28-39-12-4-6-14-45(39)36-48/h1-5,7,10-13,15-38H,6,8-9,14H2. The van der Waals surface area contributed by atoms with E-state index >= 15 is 0 Å². The van der Waals surface area contributed by atoms with Crippen molar-refractivity contribution in [3.05, 3.63) is 210 Å². The normalized spacial score (nSPS) is 13.2. The number of para-hydroxylation sites is 3. The lowest BCUT2D eigenvalue weighted by Gasteiger charge is -2.20. The lowest BCUT2D eigenvalue weighted by molar-refractivity contribution is 0.986. The van der Waals surface area contributed by atoms with Crippen LogP contribution in [0.5, 0.6) is 0 Å². The van der Waals surface area contributed by atoms with E-state index in [4.69, 9.17) is 4.98 Å². The van der Waals surface area contributed by atoms with Crippen LogP contribution in [-0.4, -0.2) is 9.55 Å². The fourth-order valence-electron chi connectivity index (χ4n) is 9.87. The Morgan fingerprint density at radius 2 is 1.03 bits per heavy atom. The summed E-state index contributed by atoms with van der Waals surface area (Å²) in [7, 11) is 0. The second-order valence-corrected chi connectivity index (χ2v) is 16.5. The number of fused-ring (bicyclic) bond motifs is 5. The van der Waals surface area contributed by atoms with E-state index in [0.29, 0.717) is 0 Å². The number of aryl methyl sites for hydroxylation is 1. The molecule has 0 radical (unpaired) electrons. The Bertz CT molecular complexity index is 3500. The van der Waals surface area contributed by atoms with Crippen LogP contribution in [0.1, 0.15) is 30.4 Å². The SMILES string of the molecule is C1=Cc2ccc(-c3c4c(c(-c5ccc6ccccc6c5)c5cc(-c6ccc(-c7ccc(-c8nc9ccccc9n8-c8ccccc8)cc7)cc6)ccc35)=CCCC=4)cc2CC1.